The fraction of sp³-hybridized carbons (Fsp3) is 0. The van der Waals surface area contributed by atoms with Crippen molar-refractivity contribution in [2.75, 3.05) is 5.32 Å². The Kier molecular flexibility index (Phi) is 6.42. The zero-order valence-corrected chi connectivity index (χ0v) is 20.2. The first-order valence-electron chi connectivity index (χ1n) is 11.0. The van der Waals surface area contributed by atoms with Gasteiger partial charge in [-0.15, -0.1) is 0 Å². The number of anilines is 1. The van der Waals surface area contributed by atoms with Crippen LogP contribution in [0.5, 0.6) is 0 Å². The molecule has 0 aliphatic heterocycles. The second-order valence-electron chi connectivity index (χ2n) is 8.10. The molecule has 5 rings (SSSR count). The zero-order chi connectivity index (χ0) is 25.2. The number of nitrogens with one attached hydrogen (secondary N) is 2. The van der Waals surface area contributed by atoms with Crippen LogP contribution in [-0.4, -0.2) is 16.7 Å². The number of aromatic amines is 1. The van der Waals surface area contributed by atoms with E-state index < -0.39 is 11.5 Å². The first kappa shape index (κ1) is 23.5. The van der Waals surface area contributed by atoms with Crippen molar-refractivity contribution in [3.05, 3.63) is 134 Å². The van der Waals surface area contributed by atoms with Gasteiger partial charge in [0.05, 0.1) is 5.69 Å². The monoisotopic (exact) mass is 512 g/mol. The Hall–Kier alpha value is -4.19. The lowest BCUT2D eigenvalue weighted by atomic mass is 9.95. The summed E-state index contributed by atoms with van der Waals surface area (Å²) in [5, 5.41) is 4.19. The Bertz CT molecular complexity index is 1680. The molecule has 0 aliphatic carbocycles. The van der Waals surface area contributed by atoms with E-state index in [0.717, 1.165) is 0 Å². The number of amides is 1. The van der Waals surface area contributed by atoms with E-state index in [1.807, 2.05) is 30.3 Å². The number of hydrogen-bond donors (Lipinski definition) is 2. The summed E-state index contributed by atoms with van der Waals surface area (Å²) in [4.78, 5) is 42.8. The lowest BCUT2D eigenvalue weighted by Gasteiger charge is -2.15. The second-order valence-corrected chi connectivity index (χ2v) is 8.97. The van der Waals surface area contributed by atoms with Crippen LogP contribution in [0.15, 0.2) is 102 Å². The number of carbonyl (C=O) groups excluding carboxylic acids is 2. The standard InChI is InChI=1S/C29H18Cl2N2O3/c30-19-11-13-23-21(15-19)25(17-7-3-1-4-8-17)26(28(35)32-23)29(36)33-24-14-12-20(31)16-22(24)27(34)18-9-5-2-6-10-18/h1-16H,(H,32,35)(H,33,36). The summed E-state index contributed by atoms with van der Waals surface area (Å²) in [7, 11) is 0. The van der Waals surface area contributed by atoms with Crippen LogP contribution in [0.4, 0.5) is 5.69 Å². The van der Waals surface area contributed by atoms with Gasteiger partial charge in [0.25, 0.3) is 11.5 Å². The minimum atomic E-state index is -0.665. The molecular formula is C29H18Cl2N2O3. The van der Waals surface area contributed by atoms with Gasteiger partial charge in [-0.05, 0) is 42.0 Å². The van der Waals surface area contributed by atoms with E-state index in [1.165, 1.54) is 6.07 Å². The Labute approximate surface area is 216 Å². The van der Waals surface area contributed by atoms with E-state index in [4.69, 9.17) is 23.2 Å². The molecule has 0 atom stereocenters. The van der Waals surface area contributed by atoms with Gasteiger partial charge in [-0.3, -0.25) is 14.4 Å². The number of halogens is 2. The highest BCUT2D eigenvalue weighted by Crippen LogP contribution is 2.32. The predicted octanol–water partition coefficient (Wildman–Crippen LogP) is 6.99. The maximum absolute atomic E-state index is 13.6. The summed E-state index contributed by atoms with van der Waals surface area (Å²) >= 11 is 12.4. The first-order chi connectivity index (χ1) is 17.4. The van der Waals surface area contributed by atoms with Gasteiger partial charge < -0.3 is 10.3 Å². The largest absolute Gasteiger partial charge is 0.321 e. The quantitative estimate of drug-likeness (QED) is 0.249. The number of fused-ring (bicyclic) bond motifs is 1. The molecule has 7 heteroatoms. The van der Waals surface area contributed by atoms with Crippen molar-refractivity contribution in [3.63, 3.8) is 0 Å². The van der Waals surface area contributed by atoms with Gasteiger partial charge in [-0.25, -0.2) is 0 Å². The van der Waals surface area contributed by atoms with Gasteiger partial charge >= 0.3 is 0 Å². The Morgan fingerprint density at radius 1 is 0.750 bits per heavy atom. The van der Waals surface area contributed by atoms with Crippen molar-refractivity contribution in [2.45, 2.75) is 0 Å². The van der Waals surface area contributed by atoms with Crippen molar-refractivity contribution >= 4 is 51.5 Å². The molecule has 5 aromatic rings. The number of hydrogen-bond acceptors (Lipinski definition) is 3. The first-order valence-corrected chi connectivity index (χ1v) is 11.8. The molecule has 0 saturated carbocycles. The number of ketones is 1. The van der Waals surface area contributed by atoms with Gasteiger partial charge in [0.15, 0.2) is 5.78 Å². The number of pyridine rings is 1. The highest BCUT2D eigenvalue weighted by molar-refractivity contribution is 6.32. The normalized spacial score (nSPS) is 10.8. The van der Waals surface area contributed by atoms with Crippen LogP contribution in [0.2, 0.25) is 10.0 Å². The molecule has 1 heterocycles. The Balaban J connectivity index is 1.66. The van der Waals surface area contributed by atoms with Gasteiger partial charge in [-0.2, -0.15) is 0 Å². The molecule has 0 unspecified atom stereocenters. The van der Waals surface area contributed by atoms with Gasteiger partial charge in [0, 0.05) is 37.6 Å². The van der Waals surface area contributed by atoms with Crippen LogP contribution in [0.1, 0.15) is 26.3 Å². The average molecular weight is 513 g/mol. The van der Waals surface area contributed by atoms with E-state index in [1.54, 1.807) is 60.7 Å². The van der Waals surface area contributed by atoms with Crippen LogP contribution >= 0.6 is 23.2 Å². The molecule has 2 N–H and O–H groups in total. The third kappa shape index (κ3) is 4.54. The molecule has 1 aromatic heterocycles. The Morgan fingerprint density at radius 3 is 2.11 bits per heavy atom. The number of carbonyl (C=O) groups is 2. The van der Waals surface area contributed by atoms with Crippen molar-refractivity contribution in [2.24, 2.45) is 0 Å². The number of H-pyrrole nitrogens is 1. The van der Waals surface area contributed by atoms with Crippen molar-refractivity contribution in [3.8, 4) is 11.1 Å². The second kappa shape index (κ2) is 9.82. The highest BCUT2D eigenvalue weighted by atomic mass is 35.5. The van der Waals surface area contributed by atoms with E-state index in [9.17, 15) is 14.4 Å². The maximum Gasteiger partial charge on any atom is 0.261 e. The highest BCUT2D eigenvalue weighted by Gasteiger charge is 2.23. The SMILES string of the molecule is O=C(c1ccccc1)c1cc(Cl)ccc1NC(=O)c1c(-c2ccccc2)c2cc(Cl)ccc2[nH]c1=O. The summed E-state index contributed by atoms with van der Waals surface area (Å²) in [5.74, 6) is -0.975. The summed E-state index contributed by atoms with van der Waals surface area (Å²) in [6.45, 7) is 0. The molecular weight excluding hydrogens is 495 g/mol. The topological polar surface area (TPSA) is 79.0 Å². The van der Waals surface area contributed by atoms with Crippen molar-refractivity contribution in [1.82, 2.24) is 4.98 Å². The van der Waals surface area contributed by atoms with Crippen molar-refractivity contribution in [1.29, 1.82) is 0 Å². The fourth-order valence-corrected chi connectivity index (χ4v) is 4.47. The van der Waals surface area contributed by atoms with E-state index in [2.05, 4.69) is 10.3 Å². The summed E-state index contributed by atoms with van der Waals surface area (Å²) in [6.07, 6.45) is 0. The molecule has 176 valence electrons. The third-order valence-electron chi connectivity index (χ3n) is 5.78. The molecule has 0 radical (unpaired) electrons. The third-order valence-corrected chi connectivity index (χ3v) is 6.25. The van der Waals surface area contributed by atoms with Gasteiger partial charge in [-0.1, -0.05) is 83.9 Å². The summed E-state index contributed by atoms with van der Waals surface area (Å²) < 4.78 is 0. The minimum absolute atomic E-state index is 0.0935. The number of aromatic nitrogens is 1. The lowest BCUT2D eigenvalue weighted by Crippen LogP contribution is -2.25. The van der Waals surface area contributed by atoms with Crippen molar-refractivity contribution < 1.29 is 9.59 Å². The summed E-state index contributed by atoms with van der Waals surface area (Å²) in [5.41, 5.74) is 1.91. The zero-order valence-electron chi connectivity index (χ0n) is 18.7. The molecule has 0 saturated heterocycles. The predicted molar refractivity (Wildman–Crippen MR) is 144 cm³/mol. The molecule has 1 amide bonds. The molecule has 36 heavy (non-hydrogen) atoms. The van der Waals surface area contributed by atoms with Gasteiger partial charge in [0.1, 0.15) is 5.56 Å². The fourth-order valence-electron chi connectivity index (χ4n) is 4.13. The number of benzene rings is 4. The van der Waals surface area contributed by atoms with Gasteiger partial charge in [0.2, 0.25) is 0 Å². The molecule has 0 fully saturated rings. The van der Waals surface area contributed by atoms with Crippen LogP contribution in [0.3, 0.4) is 0 Å². The molecule has 0 spiro atoms. The van der Waals surface area contributed by atoms with Crippen LogP contribution in [0, 0.1) is 0 Å². The summed E-state index contributed by atoms with van der Waals surface area (Å²) in [6, 6.07) is 27.5. The molecule has 4 aromatic carbocycles. The maximum atomic E-state index is 13.6. The number of rotatable bonds is 5. The molecule has 0 bridgehead atoms. The molecule has 5 nitrogen and oxygen atoms in total. The van der Waals surface area contributed by atoms with Crippen LogP contribution < -0.4 is 10.9 Å². The van der Waals surface area contributed by atoms with Crippen LogP contribution in [-0.2, 0) is 0 Å². The average Bonchev–Trinajstić information content (AvgIpc) is 2.89. The smallest absolute Gasteiger partial charge is 0.261 e. The van der Waals surface area contributed by atoms with E-state index in [0.29, 0.717) is 37.6 Å². The van der Waals surface area contributed by atoms with E-state index in [-0.39, 0.29) is 22.6 Å². The lowest BCUT2D eigenvalue weighted by molar-refractivity contribution is 0.102. The minimum Gasteiger partial charge on any atom is -0.321 e. The van der Waals surface area contributed by atoms with Crippen LogP contribution in [0.25, 0.3) is 22.0 Å². The molecule has 0 aliphatic rings. The Morgan fingerprint density at radius 2 is 1.39 bits per heavy atom. The van der Waals surface area contributed by atoms with E-state index >= 15 is 0 Å².